The second kappa shape index (κ2) is 3.92. The second-order valence-corrected chi connectivity index (χ2v) is 2.41. The Balaban J connectivity index is 2.53. The van der Waals surface area contributed by atoms with E-state index in [-0.39, 0.29) is 5.88 Å². The van der Waals surface area contributed by atoms with E-state index in [2.05, 4.69) is 14.8 Å². The number of hydrogen-bond acceptors (Lipinski definition) is 4. The smallest absolute Gasteiger partial charge is 0.266 e. The molecule has 0 amide bonds. The maximum absolute atomic E-state index is 10.3. The highest BCUT2D eigenvalue weighted by molar-refractivity contribution is 6.30. The first-order valence-electron chi connectivity index (χ1n) is 3.15. The van der Waals surface area contributed by atoms with E-state index in [9.17, 15) is 4.79 Å². The summed E-state index contributed by atoms with van der Waals surface area (Å²) in [4.78, 5) is 22.7. The van der Waals surface area contributed by atoms with Gasteiger partial charge < -0.3 is 0 Å². The molecule has 4 nitrogen and oxygen atoms in total. The van der Waals surface area contributed by atoms with Crippen LogP contribution >= 0.6 is 11.6 Å². The van der Waals surface area contributed by atoms with Gasteiger partial charge in [-0.25, -0.2) is 14.7 Å². The molecule has 0 saturated carbocycles. The van der Waals surface area contributed by atoms with E-state index in [4.69, 9.17) is 11.6 Å². The third-order valence-corrected chi connectivity index (χ3v) is 1.17. The SMILES string of the molecule is CC(=O)OOc1ccc(Cl)cn1. The minimum atomic E-state index is -0.535. The first-order chi connectivity index (χ1) is 5.68. The van der Waals surface area contributed by atoms with E-state index in [1.54, 1.807) is 6.07 Å². The van der Waals surface area contributed by atoms with Crippen molar-refractivity contribution in [1.29, 1.82) is 0 Å². The topological polar surface area (TPSA) is 48.4 Å². The number of halogens is 1. The highest BCUT2D eigenvalue weighted by atomic mass is 35.5. The van der Waals surface area contributed by atoms with Gasteiger partial charge in [-0.05, 0) is 6.07 Å². The van der Waals surface area contributed by atoms with E-state index in [1.165, 1.54) is 19.2 Å². The molecule has 0 N–H and O–H groups in total. The largest absolute Gasteiger partial charge is 0.352 e. The van der Waals surface area contributed by atoms with Crippen molar-refractivity contribution in [3.05, 3.63) is 23.4 Å². The van der Waals surface area contributed by atoms with Crippen LogP contribution in [0.1, 0.15) is 6.92 Å². The molecule has 1 rings (SSSR count). The molecule has 5 heteroatoms. The summed E-state index contributed by atoms with van der Waals surface area (Å²) in [5.74, 6) is -0.346. The summed E-state index contributed by atoms with van der Waals surface area (Å²) in [6.07, 6.45) is 1.39. The Morgan fingerprint density at radius 2 is 2.33 bits per heavy atom. The predicted molar refractivity (Wildman–Crippen MR) is 41.6 cm³/mol. The van der Waals surface area contributed by atoms with Crippen LogP contribution in [-0.2, 0) is 9.68 Å². The summed E-state index contributed by atoms with van der Waals surface area (Å²) in [7, 11) is 0. The van der Waals surface area contributed by atoms with E-state index in [1.807, 2.05) is 0 Å². The van der Waals surface area contributed by atoms with Gasteiger partial charge in [0.05, 0.1) is 5.02 Å². The van der Waals surface area contributed by atoms with E-state index in [0.29, 0.717) is 5.02 Å². The fourth-order valence-corrected chi connectivity index (χ4v) is 0.625. The summed E-state index contributed by atoms with van der Waals surface area (Å²) in [6.45, 7) is 1.23. The molecule has 0 aliphatic carbocycles. The first-order valence-corrected chi connectivity index (χ1v) is 3.53. The van der Waals surface area contributed by atoms with Crippen LogP contribution in [0.5, 0.6) is 5.88 Å². The molecule has 0 saturated heterocycles. The quantitative estimate of drug-likeness (QED) is 0.521. The van der Waals surface area contributed by atoms with Gasteiger partial charge in [0.1, 0.15) is 0 Å². The number of nitrogens with zero attached hydrogens (tertiary/aromatic N) is 1. The van der Waals surface area contributed by atoms with Gasteiger partial charge in [-0.2, -0.15) is 0 Å². The molecule has 0 atom stereocenters. The van der Waals surface area contributed by atoms with Crippen LogP contribution in [0.2, 0.25) is 5.02 Å². The summed E-state index contributed by atoms with van der Waals surface area (Å²) < 4.78 is 0. The van der Waals surface area contributed by atoms with Crippen molar-refractivity contribution in [1.82, 2.24) is 4.98 Å². The second-order valence-electron chi connectivity index (χ2n) is 1.97. The van der Waals surface area contributed by atoms with E-state index >= 15 is 0 Å². The van der Waals surface area contributed by atoms with Crippen molar-refractivity contribution < 1.29 is 14.6 Å². The van der Waals surface area contributed by atoms with Crippen molar-refractivity contribution in [2.24, 2.45) is 0 Å². The highest BCUT2D eigenvalue weighted by Gasteiger charge is 1.98. The molecule has 1 aromatic heterocycles. The zero-order chi connectivity index (χ0) is 8.97. The van der Waals surface area contributed by atoms with Gasteiger partial charge in [0.15, 0.2) is 0 Å². The summed E-state index contributed by atoms with van der Waals surface area (Å²) in [5.41, 5.74) is 0. The van der Waals surface area contributed by atoms with Crippen molar-refractivity contribution >= 4 is 17.6 Å². The average molecular weight is 188 g/mol. The van der Waals surface area contributed by atoms with Crippen LogP contribution < -0.4 is 4.89 Å². The van der Waals surface area contributed by atoms with Crippen molar-refractivity contribution in [2.75, 3.05) is 0 Å². The maximum atomic E-state index is 10.3. The number of carbonyl (C=O) groups excluding carboxylic acids is 1. The fraction of sp³-hybridized carbons (Fsp3) is 0.143. The molecule has 0 spiro atoms. The summed E-state index contributed by atoms with van der Waals surface area (Å²) in [5, 5.41) is 0.491. The van der Waals surface area contributed by atoms with Crippen molar-refractivity contribution in [2.45, 2.75) is 6.92 Å². The molecule has 0 aliphatic heterocycles. The van der Waals surface area contributed by atoms with E-state index in [0.717, 1.165) is 0 Å². The summed E-state index contributed by atoms with van der Waals surface area (Å²) in [6, 6.07) is 3.07. The third kappa shape index (κ3) is 2.75. The van der Waals surface area contributed by atoms with Crippen LogP contribution in [0.15, 0.2) is 18.3 Å². The lowest BCUT2D eigenvalue weighted by molar-refractivity contribution is -0.212. The number of pyridine rings is 1. The average Bonchev–Trinajstić information content (AvgIpc) is 2.03. The van der Waals surface area contributed by atoms with Gasteiger partial charge >= 0.3 is 5.97 Å². The Hall–Kier alpha value is -1.29. The lowest BCUT2D eigenvalue weighted by Gasteiger charge is -1.99. The van der Waals surface area contributed by atoms with Crippen LogP contribution in [0.3, 0.4) is 0 Å². The van der Waals surface area contributed by atoms with Gasteiger partial charge in [-0.15, -0.1) is 0 Å². The molecule has 0 unspecified atom stereocenters. The first kappa shape index (κ1) is 8.80. The van der Waals surface area contributed by atoms with E-state index < -0.39 is 5.97 Å². The number of rotatable bonds is 2. The zero-order valence-corrected chi connectivity index (χ0v) is 7.04. The monoisotopic (exact) mass is 187 g/mol. The molecule has 1 aromatic rings. The molecular formula is C7H6ClNO3. The molecule has 1 heterocycles. The fourth-order valence-electron chi connectivity index (χ4n) is 0.513. The van der Waals surface area contributed by atoms with Gasteiger partial charge in [0, 0.05) is 19.2 Å². The molecule has 0 bridgehead atoms. The minimum absolute atomic E-state index is 0.189. The molecule has 12 heavy (non-hydrogen) atoms. The standard InChI is InChI=1S/C7H6ClNO3/c1-5(10)11-12-7-3-2-6(8)4-9-7/h2-4H,1H3. The van der Waals surface area contributed by atoms with Crippen LogP contribution in [0.4, 0.5) is 0 Å². The molecule has 0 aromatic carbocycles. The minimum Gasteiger partial charge on any atom is -0.266 e. The lowest BCUT2D eigenvalue weighted by atomic mass is 10.5. The predicted octanol–water partition coefficient (Wildman–Crippen LogP) is 1.59. The molecule has 0 radical (unpaired) electrons. The zero-order valence-electron chi connectivity index (χ0n) is 6.28. The number of aromatic nitrogens is 1. The van der Waals surface area contributed by atoms with Gasteiger partial charge in [-0.3, -0.25) is 4.89 Å². The highest BCUT2D eigenvalue weighted by Crippen LogP contribution is 2.11. The number of carbonyl (C=O) groups is 1. The summed E-state index contributed by atoms with van der Waals surface area (Å²) >= 11 is 5.55. The van der Waals surface area contributed by atoms with Crippen molar-refractivity contribution in [3.63, 3.8) is 0 Å². The molecule has 0 fully saturated rings. The Morgan fingerprint density at radius 1 is 1.58 bits per heavy atom. The third-order valence-electron chi connectivity index (χ3n) is 0.945. The van der Waals surface area contributed by atoms with Crippen molar-refractivity contribution in [3.8, 4) is 5.88 Å². The molecule has 64 valence electrons. The van der Waals surface area contributed by atoms with Crippen LogP contribution in [-0.4, -0.2) is 11.0 Å². The van der Waals surface area contributed by atoms with Crippen LogP contribution in [0, 0.1) is 0 Å². The maximum Gasteiger partial charge on any atom is 0.352 e. The van der Waals surface area contributed by atoms with Gasteiger partial charge in [-0.1, -0.05) is 11.6 Å². The molecule has 0 aliphatic rings. The number of hydrogen-bond donors (Lipinski definition) is 0. The Labute approximate surface area is 74.0 Å². The Kier molecular flexibility index (Phi) is 2.88. The molecular weight excluding hydrogens is 182 g/mol. The lowest BCUT2D eigenvalue weighted by Crippen LogP contribution is -2.03. The van der Waals surface area contributed by atoms with Crippen LogP contribution in [0.25, 0.3) is 0 Å². The van der Waals surface area contributed by atoms with Gasteiger partial charge in [0.25, 0.3) is 5.88 Å². The van der Waals surface area contributed by atoms with Gasteiger partial charge in [0.2, 0.25) is 0 Å². The Bertz CT molecular complexity index is 272. The Morgan fingerprint density at radius 3 is 2.83 bits per heavy atom. The normalized spacial score (nSPS) is 9.17.